The molecule has 1 aromatic carbocycles. The van der Waals surface area contributed by atoms with Crippen molar-refractivity contribution in [3.63, 3.8) is 0 Å². The fourth-order valence-electron chi connectivity index (χ4n) is 4.06. The van der Waals surface area contributed by atoms with Gasteiger partial charge in [0.05, 0.1) is 18.8 Å². The van der Waals surface area contributed by atoms with Crippen LogP contribution in [0.15, 0.2) is 54.1 Å². The van der Waals surface area contributed by atoms with E-state index in [-0.39, 0.29) is 18.5 Å². The number of alkyl halides is 1. The van der Waals surface area contributed by atoms with Crippen molar-refractivity contribution in [2.45, 2.75) is 32.1 Å². The molecule has 0 heterocycles. The Kier molecular flexibility index (Phi) is 4.29. The molecule has 0 spiro atoms. The number of benzene rings is 1. The molecule has 0 saturated heterocycles. The summed E-state index contributed by atoms with van der Waals surface area (Å²) in [7, 11) is 0. The lowest BCUT2D eigenvalue weighted by Crippen LogP contribution is -2.35. The van der Waals surface area contributed by atoms with Crippen LogP contribution < -0.4 is 0 Å². The predicted molar refractivity (Wildman–Crippen MR) is 91.5 cm³/mol. The molecule has 3 rings (SSSR count). The van der Waals surface area contributed by atoms with Gasteiger partial charge in [0.25, 0.3) is 0 Å². The van der Waals surface area contributed by atoms with Crippen molar-refractivity contribution in [1.29, 1.82) is 10.5 Å². The molecule has 2 aliphatic carbocycles. The van der Waals surface area contributed by atoms with E-state index in [1.54, 1.807) is 0 Å². The van der Waals surface area contributed by atoms with Gasteiger partial charge in [-0.3, -0.25) is 4.39 Å². The highest BCUT2D eigenvalue weighted by molar-refractivity contribution is 5.43. The summed E-state index contributed by atoms with van der Waals surface area (Å²) in [6, 6.07) is 14.6. The molecule has 2 aliphatic rings. The second-order valence-electron chi connectivity index (χ2n) is 7.32. The molecule has 0 fully saturated rings. The van der Waals surface area contributed by atoms with Crippen molar-refractivity contribution in [3.8, 4) is 12.1 Å². The monoisotopic (exact) mass is 320 g/mol. The molecule has 0 amide bonds. The summed E-state index contributed by atoms with van der Waals surface area (Å²) in [4.78, 5) is 0. The van der Waals surface area contributed by atoms with Gasteiger partial charge in [-0.15, -0.1) is 0 Å². The Hall–Kier alpha value is -2.39. The standard InChI is InChI=1S/C21H21FN2/c1-20(13-22)11-9-19-18(12-20)17(16-6-3-2-4-7-16)8-5-10-21(19,14-23)15-24/h2-9,17-18H,10-13H2,1H3/t17?,18-,20?/m0/s1. The summed E-state index contributed by atoms with van der Waals surface area (Å²) in [5.41, 5.74) is 0.495. The van der Waals surface area contributed by atoms with E-state index in [9.17, 15) is 14.9 Å². The predicted octanol–water partition coefficient (Wildman–Crippen LogP) is 5.08. The Labute approximate surface area is 142 Å². The first-order valence-corrected chi connectivity index (χ1v) is 8.38. The van der Waals surface area contributed by atoms with Crippen LogP contribution in [0.4, 0.5) is 4.39 Å². The minimum atomic E-state index is -1.12. The molecule has 0 aliphatic heterocycles. The van der Waals surface area contributed by atoms with Crippen LogP contribution in [0.25, 0.3) is 0 Å². The molecular weight excluding hydrogens is 299 g/mol. The molecule has 122 valence electrons. The Morgan fingerprint density at radius 1 is 1.17 bits per heavy atom. The van der Waals surface area contributed by atoms with E-state index in [0.717, 1.165) is 11.1 Å². The van der Waals surface area contributed by atoms with Crippen LogP contribution in [0, 0.1) is 39.4 Å². The highest BCUT2D eigenvalue weighted by Gasteiger charge is 2.47. The van der Waals surface area contributed by atoms with Gasteiger partial charge in [-0.1, -0.05) is 55.5 Å². The summed E-state index contributed by atoms with van der Waals surface area (Å²) in [6.45, 7) is 1.57. The van der Waals surface area contributed by atoms with Crippen molar-refractivity contribution in [1.82, 2.24) is 0 Å². The Bertz CT molecular complexity index is 736. The zero-order valence-corrected chi connectivity index (χ0v) is 13.9. The van der Waals surface area contributed by atoms with Gasteiger partial charge in [-0.25, -0.2) is 0 Å². The fourth-order valence-corrected chi connectivity index (χ4v) is 4.06. The number of allylic oxidation sites excluding steroid dienone is 4. The first-order chi connectivity index (χ1) is 11.6. The van der Waals surface area contributed by atoms with E-state index < -0.39 is 10.8 Å². The number of hydrogen-bond acceptors (Lipinski definition) is 2. The maximum absolute atomic E-state index is 13.6. The molecule has 0 aromatic heterocycles. The van der Waals surface area contributed by atoms with Crippen molar-refractivity contribution < 1.29 is 4.39 Å². The van der Waals surface area contributed by atoms with Gasteiger partial charge in [0.1, 0.15) is 0 Å². The third-order valence-electron chi connectivity index (χ3n) is 5.51. The molecule has 0 N–H and O–H groups in total. The van der Waals surface area contributed by atoms with Crippen molar-refractivity contribution in [3.05, 3.63) is 59.7 Å². The van der Waals surface area contributed by atoms with Gasteiger partial charge < -0.3 is 0 Å². The zero-order chi connectivity index (χ0) is 17.2. The third-order valence-corrected chi connectivity index (χ3v) is 5.51. The van der Waals surface area contributed by atoms with Gasteiger partial charge >= 0.3 is 0 Å². The maximum Gasteiger partial charge on any atom is 0.168 e. The van der Waals surface area contributed by atoms with Crippen LogP contribution in [0.3, 0.4) is 0 Å². The molecular formula is C21H21FN2. The summed E-state index contributed by atoms with van der Waals surface area (Å²) in [6.07, 6.45) is 7.68. The quantitative estimate of drug-likeness (QED) is 0.714. The lowest BCUT2D eigenvalue weighted by atomic mass is 9.61. The second kappa shape index (κ2) is 6.25. The first-order valence-electron chi connectivity index (χ1n) is 8.38. The molecule has 1 aromatic rings. The number of nitrogens with zero attached hydrogens (tertiary/aromatic N) is 2. The molecule has 3 heteroatoms. The van der Waals surface area contributed by atoms with Crippen LogP contribution >= 0.6 is 0 Å². The van der Waals surface area contributed by atoms with Crippen LogP contribution in [0.5, 0.6) is 0 Å². The number of halogens is 1. The Morgan fingerprint density at radius 2 is 1.88 bits per heavy atom. The number of fused-ring (bicyclic) bond motifs is 1. The average molecular weight is 320 g/mol. The van der Waals surface area contributed by atoms with Crippen molar-refractivity contribution in [2.75, 3.05) is 6.67 Å². The highest BCUT2D eigenvalue weighted by Crippen LogP contribution is 2.53. The van der Waals surface area contributed by atoms with Gasteiger partial charge in [-0.05, 0) is 35.3 Å². The molecule has 0 radical (unpaired) electrons. The lowest BCUT2D eigenvalue weighted by Gasteiger charge is -2.41. The van der Waals surface area contributed by atoms with Gasteiger partial charge in [0, 0.05) is 12.3 Å². The Morgan fingerprint density at radius 3 is 2.50 bits per heavy atom. The van der Waals surface area contributed by atoms with Gasteiger partial charge in [0.2, 0.25) is 0 Å². The van der Waals surface area contributed by atoms with Crippen LogP contribution in [-0.4, -0.2) is 6.67 Å². The molecule has 0 saturated carbocycles. The molecule has 24 heavy (non-hydrogen) atoms. The topological polar surface area (TPSA) is 47.6 Å². The number of hydrogen-bond donors (Lipinski definition) is 0. The second-order valence-corrected chi connectivity index (χ2v) is 7.32. The number of nitriles is 2. The zero-order valence-electron chi connectivity index (χ0n) is 13.9. The SMILES string of the molecule is CC1(CF)CC=C2[C@@H](C1)C(c1ccccc1)C=CCC2(C#N)C#N. The van der Waals surface area contributed by atoms with E-state index in [1.165, 1.54) is 0 Å². The van der Waals surface area contributed by atoms with Gasteiger partial charge in [-0.2, -0.15) is 10.5 Å². The third kappa shape index (κ3) is 2.65. The summed E-state index contributed by atoms with van der Waals surface area (Å²) in [5, 5.41) is 19.5. The van der Waals surface area contributed by atoms with E-state index in [1.807, 2.05) is 37.3 Å². The lowest BCUT2D eigenvalue weighted by molar-refractivity contribution is 0.167. The summed E-state index contributed by atoms with van der Waals surface area (Å²) < 4.78 is 13.6. The fraction of sp³-hybridized carbons (Fsp3) is 0.429. The normalized spacial score (nSPS) is 31.1. The molecule has 3 atom stereocenters. The number of rotatable bonds is 2. The van der Waals surface area contributed by atoms with Crippen LogP contribution in [0.2, 0.25) is 0 Å². The van der Waals surface area contributed by atoms with Gasteiger partial charge in [0.15, 0.2) is 5.41 Å². The van der Waals surface area contributed by atoms with Crippen molar-refractivity contribution in [2.24, 2.45) is 16.7 Å². The van der Waals surface area contributed by atoms with E-state index in [0.29, 0.717) is 19.3 Å². The van der Waals surface area contributed by atoms with Crippen LogP contribution in [0.1, 0.15) is 37.7 Å². The van der Waals surface area contributed by atoms with Crippen LogP contribution in [-0.2, 0) is 0 Å². The summed E-state index contributed by atoms with van der Waals surface area (Å²) in [5.74, 6) is 0.0622. The van der Waals surface area contributed by atoms with E-state index in [4.69, 9.17) is 0 Å². The highest BCUT2D eigenvalue weighted by atomic mass is 19.1. The minimum Gasteiger partial charge on any atom is -0.250 e. The maximum atomic E-state index is 13.6. The van der Waals surface area contributed by atoms with E-state index >= 15 is 0 Å². The average Bonchev–Trinajstić information content (AvgIpc) is 2.79. The molecule has 2 nitrogen and oxygen atoms in total. The van der Waals surface area contributed by atoms with Crippen molar-refractivity contribution >= 4 is 0 Å². The molecule has 0 bridgehead atoms. The summed E-state index contributed by atoms with van der Waals surface area (Å²) >= 11 is 0. The largest absolute Gasteiger partial charge is 0.250 e. The first kappa shape index (κ1) is 16.5. The van der Waals surface area contributed by atoms with E-state index in [2.05, 4.69) is 30.3 Å². The Balaban J connectivity index is 2.13. The smallest absolute Gasteiger partial charge is 0.168 e. The minimum absolute atomic E-state index is 0.0139. The molecule has 2 unspecified atom stereocenters.